The minimum atomic E-state index is -0.588. The van der Waals surface area contributed by atoms with Crippen molar-refractivity contribution in [1.82, 2.24) is 20.2 Å². The normalized spacial score (nSPS) is 10.5. The molecule has 0 radical (unpaired) electrons. The van der Waals surface area contributed by atoms with Crippen LogP contribution >= 0.6 is 0 Å². The van der Waals surface area contributed by atoms with Crippen LogP contribution in [-0.4, -0.2) is 20.7 Å². The molecule has 0 aliphatic carbocycles. The van der Waals surface area contributed by atoms with Crippen LogP contribution in [0.5, 0.6) is 0 Å². The Labute approximate surface area is 167 Å². The van der Waals surface area contributed by atoms with Gasteiger partial charge in [0.1, 0.15) is 5.69 Å². The van der Waals surface area contributed by atoms with Crippen molar-refractivity contribution < 1.29 is 9.18 Å². The Kier molecular flexibility index (Phi) is 5.29. The predicted octanol–water partition coefficient (Wildman–Crippen LogP) is 3.89. The van der Waals surface area contributed by atoms with Gasteiger partial charge in [-0.15, -0.1) is 0 Å². The van der Waals surface area contributed by atoms with E-state index in [0.29, 0.717) is 23.6 Å². The van der Waals surface area contributed by atoms with Crippen molar-refractivity contribution in [1.29, 1.82) is 0 Å². The van der Waals surface area contributed by atoms with Gasteiger partial charge in [-0.2, -0.15) is 9.49 Å². The molecule has 0 saturated carbocycles. The smallest absolute Gasteiger partial charge is 0.287 e. The molecule has 0 aliphatic rings. The van der Waals surface area contributed by atoms with Gasteiger partial charge >= 0.3 is 0 Å². The highest BCUT2D eigenvalue weighted by Gasteiger charge is 2.16. The first kappa shape index (κ1) is 18.4. The van der Waals surface area contributed by atoms with Crippen molar-refractivity contribution in [3.63, 3.8) is 0 Å². The molecule has 144 valence electrons. The summed E-state index contributed by atoms with van der Waals surface area (Å²) in [4.78, 5) is 16.4. The van der Waals surface area contributed by atoms with Crippen LogP contribution in [0.25, 0.3) is 11.3 Å². The monoisotopic (exact) mass is 387 g/mol. The molecule has 7 heteroatoms. The number of anilines is 1. The summed E-state index contributed by atoms with van der Waals surface area (Å²) >= 11 is 0. The Balaban J connectivity index is 1.60. The summed E-state index contributed by atoms with van der Waals surface area (Å²) in [6.07, 6.45) is 1.30. The van der Waals surface area contributed by atoms with E-state index in [1.807, 2.05) is 60.7 Å². The van der Waals surface area contributed by atoms with Gasteiger partial charge in [-0.05, 0) is 23.8 Å². The van der Waals surface area contributed by atoms with E-state index in [4.69, 9.17) is 0 Å². The standard InChI is InChI=1S/C22H18FN5O/c23-21-12-11-18(14-24-21)25-26-22(29)20-13-19(17-9-5-2-6-10-17)27-28(20)15-16-7-3-1-4-8-16/h1-14,25H,15H2,(H,26,29). The molecule has 2 N–H and O–H groups in total. The van der Waals surface area contributed by atoms with Gasteiger partial charge in [-0.3, -0.25) is 20.3 Å². The number of benzene rings is 2. The Morgan fingerprint density at radius 1 is 0.966 bits per heavy atom. The zero-order valence-electron chi connectivity index (χ0n) is 15.4. The van der Waals surface area contributed by atoms with Crippen molar-refractivity contribution >= 4 is 11.6 Å². The molecular formula is C22H18FN5O. The van der Waals surface area contributed by atoms with Crippen molar-refractivity contribution in [3.05, 3.63) is 102 Å². The molecule has 0 unspecified atom stereocenters. The van der Waals surface area contributed by atoms with Crippen LogP contribution in [-0.2, 0) is 6.54 Å². The molecule has 4 rings (SSSR count). The molecule has 0 fully saturated rings. The lowest BCUT2D eigenvalue weighted by atomic mass is 10.1. The molecular weight excluding hydrogens is 369 g/mol. The molecule has 2 heterocycles. The summed E-state index contributed by atoms with van der Waals surface area (Å²) in [5, 5.41) is 4.63. The van der Waals surface area contributed by atoms with E-state index < -0.39 is 5.95 Å². The fourth-order valence-electron chi connectivity index (χ4n) is 2.87. The van der Waals surface area contributed by atoms with Crippen LogP contribution in [0, 0.1) is 5.95 Å². The summed E-state index contributed by atoms with van der Waals surface area (Å²) in [6.45, 7) is 0.453. The van der Waals surface area contributed by atoms with Gasteiger partial charge in [0.15, 0.2) is 0 Å². The number of halogens is 1. The van der Waals surface area contributed by atoms with Gasteiger partial charge in [0.05, 0.1) is 24.1 Å². The molecule has 4 aromatic rings. The van der Waals surface area contributed by atoms with Crippen LogP contribution in [0.15, 0.2) is 85.1 Å². The first-order chi connectivity index (χ1) is 14.2. The Bertz CT molecular complexity index is 1100. The van der Waals surface area contributed by atoms with Gasteiger partial charge in [0, 0.05) is 5.56 Å². The fourth-order valence-corrected chi connectivity index (χ4v) is 2.87. The maximum atomic E-state index is 12.9. The minimum absolute atomic E-state index is 0.361. The highest BCUT2D eigenvalue weighted by atomic mass is 19.1. The Morgan fingerprint density at radius 3 is 2.38 bits per heavy atom. The number of hydrogen-bond acceptors (Lipinski definition) is 4. The molecule has 1 amide bonds. The number of carbonyl (C=O) groups excluding carboxylic acids is 1. The second kappa shape index (κ2) is 8.35. The SMILES string of the molecule is O=C(NNc1ccc(F)nc1)c1cc(-c2ccccc2)nn1Cc1ccccc1. The lowest BCUT2D eigenvalue weighted by molar-refractivity contribution is 0.0952. The first-order valence-electron chi connectivity index (χ1n) is 9.04. The van der Waals surface area contributed by atoms with Crippen LogP contribution in [0.2, 0.25) is 0 Å². The Hall–Kier alpha value is -4.00. The minimum Gasteiger partial charge on any atom is -0.297 e. The quantitative estimate of drug-likeness (QED) is 0.389. The number of nitrogens with zero attached hydrogens (tertiary/aromatic N) is 3. The largest absolute Gasteiger partial charge is 0.297 e. The topological polar surface area (TPSA) is 71.8 Å². The molecule has 29 heavy (non-hydrogen) atoms. The van der Waals surface area contributed by atoms with Gasteiger partial charge in [0.2, 0.25) is 5.95 Å². The second-order valence-electron chi connectivity index (χ2n) is 6.37. The van der Waals surface area contributed by atoms with E-state index in [9.17, 15) is 9.18 Å². The third kappa shape index (κ3) is 4.47. The summed E-state index contributed by atoms with van der Waals surface area (Å²) in [6, 6.07) is 23.9. The van der Waals surface area contributed by atoms with Gasteiger partial charge < -0.3 is 0 Å². The average molecular weight is 387 g/mol. The lowest BCUT2D eigenvalue weighted by Crippen LogP contribution is -2.31. The van der Waals surface area contributed by atoms with Gasteiger partial charge in [-0.1, -0.05) is 60.7 Å². The molecule has 0 bridgehead atoms. The maximum Gasteiger partial charge on any atom is 0.287 e. The molecule has 0 saturated heterocycles. The van der Waals surface area contributed by atoms with E-state index >= 15 is 0 Å². The summed E-state index contributed by atoms with van der Waals surface area (Å²) in [5.74, 6) is -0.949. The summed E-state index contributed by atoms with van der Waals surface area (Å²) in [7, 11) is 0. The van der Waals surface area contributed by atoms with Gasteiger partial charge in [0.25, 0.3) is 5.91 Å². The second-order valence-corrected chi connectivity index (χ2v) is 6.37. The number of aromatic nitrogens is 3. The number of carbonyl (C=O) groups is 1. The summed E-state index contributed by atoms with van der Waals surface area (Å²) in [5.41, 5.74) is 8.87. The zero-order chi connectivity index (χ0) is 20.1. The molecule has 0 aliphatic heterocycles. The molecule has 2 aromatic heterocycles. The van der Waals surface area contributed by atoms with E-state index in [1.54, 1.807) is 10.7 Å². The van der Waals surface area contributed by atoms with Crippen molar-refractivity contribution in [2.45, 2.75) is 6.54 Å². The predicted molar refractivity (Wildman–Crippen MR) is 108 cm³/mol. The summed E-state index contributed by atoms with van der Waals surface area (Å²) < 4.78 is 14.6. The van der Waals surface area contributed by atoms with E-state index in [2.05, 4.69) is 20.9 Å². The number of hydrogen-bond donors (Lipinski definition) is 2. The number of hydrazine groups is 1. The highest BCUT2D eigenvalue weighted by molar-refractivity contribution is 5.94. The van der Waals surface area contributed by atoms with Crippen LogP contribution < -0.4 is 10.9 Å². The molecule has 0 spiro atoms. The van der Waals surface area contributed by atoms with E-state index in [1.165, 1.54) is 18.3 Å². The molecule has 6 nitrogen and oxygen atoms in total. The third-order valence-corrected chi connectivity index (χ3v) is 4.31. The maximum absolute atomic E-state index is 12.9. The number of pyridine rings is 1. The van der Waals surface area contributed by atoms with Crippen LogP contribution in [0.1, 0.15) is 16.1 Å². The van der Waals surface area contributed by atoms with Crippen molar-refractivity contribution in [3.8, 4) is 11.3 Å². The molecule has 2 aromatic carbocycles. The lowest BCUT2D eigenvalue weighted by Gasteiger charge is -2.10. The highest BCUT2D eigenvalue weighted by Crippen LogP contribution is 2.20. The van der Waals surface area contributed by atoms with E-state index in [0.717, 1.165) is 11.1 Å². The Morgan fingerprint density at radius 2 is 1.69 bits per heavy atom. The molecule has 0 atom stereocenters. The number of nitrogens with one attached hydrogen (secondary N) is 2. The first-order valence-corrected chi connectivity index (χ1v) is 9.04. The van der Waals surface area contributed by atoms with Gasteiger partial charge in [-0.25, -0.2) is 4.98 Å². The average Bonchev–Trinajstić information content (AvgIpc) is 3.18. The third-order valence-electron chi connectivity index (χ3n) is 4.31. The fraction of sp³-hybridized carbons (Fsp3) is 0.0455. The number of rotatable bonds is 6. The number of amides is 1. The van der Waals surface area contributed by atoms with E-state index in [-0.39, 0.29) is 5.91 Å². The zero-order valence-corrected chi connectivity index (χ0v) is 15.4. The van der Waals surface area contributed by atoms with Crippen molar-refractivity contribution in [2.24, 2.45) is 0 Å². The van der Waals surface area contributed by atoms with Crippen LogP contribution in [0.3, 0.4) is 0 Å². The van der Waals surface area contributed by atoms with Crippen molar-refractivity contribution in [2.75, 3.05) is 5.43 Å². The van der Waals surface area contributed by atoms with Crippen LogP contribution in [0.4, 0.5) is 10.1 Å².